The van der Waals surface area contributed by atoms with Crippen LogP contribution in [0.1, 0.15) is 5.56 Å². The molecule has 0 fully saturated rings. The van der Waals surface area contributed by atoms with Gasteiger partial charge in [0.1, 0.15) is 5.69 Å². The minimum Gasteiger partial charge on any atom is -0.231 e. The van der Waals surface area contributed by atoms with Crippen LogP contribution in [0.25, 0.3) is 22.5 Å². The Balaban J connectivity index is 2.18. The number of aromatic nitrogens is 4. The van der Waals surface area contributed by atoms with Crippen molar-refractivity contribution in [3.63, 3.8) is 0 Å². The van der Waals surface area contributed by atoms with Gasteiger partial charge in [0.05, 0.1) is 11.3 Å². The van der Waals surface area contributed by atoms with Gasteiger partial charge in [0.15, 0.2) is 10.3 Å². The minimum atomic E-state index is -4.45. The lowest BCUT2D eigenvalue weighted by Gasteiger charge is -2.11. The van der Waals surface area contributed by atoms with E-state index < -0.39 is 11.7 Å². The number of benzene rings is 1. The molecular weight excluding hydrogens is 373 g/mol. The Bertz CT molecular complexity index is 918. The Hall–Kier alpha value is -2.19. The predicted molar refractivity (Wildman–Crippen MR) is 90.3 cm³/mol. The molecule has 3 aromatic rings. The second-order valence-electron chi connectivity index (χ2n) is 4.94. The first-order valence-electron chi connectivity index (χ1n) is 6.97. The summed E-state index contributed by atoms with van der Waals surface area (Å²) in [5, 5.41) is 8.40. The summed E-state index contributed by atoms with van der Waals surface area (Å²) in [7, 11) is 0. The van der Waals surface area contributed by atoms with Crippen molar-refractivity contribution in [3.05, 3.63) is 53.3 Å². The third-order valence-corrected chi connectivity index (χ3v) is 4.07. The maximum Gasteiger partial charge on any atom is 0.416 e. The molecule has 1 aromatic carbocycles. The van der Waals surface area contributed by atoms with Crippen molar-refractivity contribution in [2.24, 2.45) is 0 Å². The fourth-order valence-corrected chi connectivity index (χ4v) is 2.71. The number of alkyl halides is 3. The highest BCUT2D eigenvalue weighted by Crippen LogP contribution is 2.35. The van der Waals surface area contributed by atoms with Crippen molar-refractivity contribution >= 4 is 23.4 Å². The molecular formula is C16H10ClF3N4S. The van der Waals surface area contributed by atoms with Crippen LogP contribution in [-0.2, 0) is 6.18 Å². The average Bonchev–Trinajstić information content (AvgIpc) is 2.61. The van der Waals surface area contributed by atoms with Gasteiger partial charge < -0.3 is 0 Å². The molecule has 0 aliphatic rings. The van der Waals surface area contributed by atoms with Crippen LogP contribution in [0.2, 0.25) is 5.15 Å². The third-order valence-electron chi connectivity index (χ3n) is 3.32. The lowest BCUT2D eigenvalue weighted by molar-refractivity contribution is -0.137. The van der Waals surface area contributed by atoms with E-state index in [4.69, 9.17) is 11.6 Å². The molecule has 0 saturated carbocycles. The molecule has 0 atom stereocenters. The topological polar surface area (TPSA) is 51.6 Å². The Kier molecular flexibility index (Phi) is 4.91. The summed E-state index contributed by atoms with van der Waals surface area (Å²) >= 11 is 7.28. The van der Waals surface area contributed by atoms with Crippen molar-refractivity contribution in [2.45, 2.75) is 11.3 Å². The van der Waals surface area contributed by atoms with Gasteiger partial charge in [-0.1, -0.05) is 35.5 Å². The van der Waals surface area contributed by atoms with Crippen molar-refractivity contribution < 1.29 is 13.2 Å². The Morgan fingerprint density at radius 1 is 1.08 bits per heavy atom. The first-order valence-corrected chi connectivity index (χ1v) is 8.57. The van der Waals surface area contributed by atoms with Crippen molar-refractivity contribution in [2.75, 3.05) is 6.26 Å². The number of hydrogen-bond donors (Lipinski definition) is 0. The zero-order valence-electron chi connectivity index (χ0n) is 12.8. The molecule has 0 bridgehead atoms. The predicted octanol–water partition coefficient (Wildman–Crippen LogP) is 4.99. The molecule has 4 nitrogen and oxygen atoms in total. The summed E-state index contributed by atoms with van der Waals surface area (Å²) < 4.78 is 39.0. The summed E-state index contributed by atoms with van der Waals surface area (Å²) in [6, 6.07) is 8.06. The molecule has 9 heteroatoms. The quantitative estimate of drug-likeness (QED) is 0.471. The van der Waals surface area contributed by atoms with E-state index in [-0.39, 0.29) is 16.4 Å². The lowest BCUT2D eigenvalue weighted by Crippen LogP contribution is -2.05. The van der Waals surface area contributed by atoms with Gasteiger partial charge in [-0.05, 0) is 30.5 Å². The number of thioether (sulfide) groups is 1. The number of halogens is 4. The molecule has 0 amide bonds. The lowest BCUT2D eigenvalue weighted by atomic mass is 10.0. The second kappa shape index (κ2) is 6.97. The molecule has 2 heterocycles. The van der Waals surface area contributed by atoms with E-state index in [1.54, 1.807) is 12.3 Å². The Morgan fingerprint density at radius 3 is 2.60 bits per heavy atom. The summed E-state index contributed by atoms with van der Waals surface area (Å²) in [5.41, 5.74) is 0.764. The molecule has 2 aromatic heterocycles. The zero-order chi connectivity index (χ0) is 18.0. The van der Waals surface area contributed by atoms with Gasteiger partial charge in [0.25, 0.3) is 0 Å². The van der Waals surface area contributed by atoms with Gasteiger partial charge in [-0.2, -0.15) is 13.2 Å². The van der Waals surface area contributed by atoms with Crippen molar-refractivity contribution in [1.29, 1.82) is 0 Å². The normalized spacial score (nSPS) is 11.6. The van der Waals surface area contributed by atoms with Gasteiger partial charge in [-0.15, -0.1) is 10.2 Å². The fourth-order valence-electron chi connectivity index (χ4n) is 2.21. The second-order valence-corrected chi connectivity index (χ2v) is 6.10. The van der Waals surface area contributed by atoms with Gasteiger partial charge >= 0.3 is 6.18 Å². The summed E-state index contributed by atoms with van der Waals surface area (Å²) in [5.74, 6) is 0. The minimum absolute atomic E-state index is 0.120. The molecule has 25 heavy (non-hydrogen) atoms. The molecule has 0 unspecified atom stereocenters. The number of rotatable bonds is 3. The maximum atomic E-state index is 13.0. The van der Waals surface area contributed by atoms with Crippen LogP contribution in [0.15, 0.2) is 47.8 Å². The molecule has 0 aliphatic heterocycles. The van der Waals surface area contributed by atoms with E-state index in [9.17, 15) is 13.2 Å². The van der Waals surface area contributed by atoms with E-state index in [0.29, 0.717) is 16.4 Å². The van der Waals surface area contributed by atoms with Crippen LogP contribution in [0.5, 0.6) is 0 Å². The zero-order valence-corrected chi connectivity index (χ0v) is 14.3. The van der Waals surface area contributed by atoms with E-state index in [2.05, 4.69) is 20.2 Å². The van der Waals surface area contributed by atoms with Gasteiger partial charge in [-0.25, -0.2) is 9.97 Å². The summed E-state index contributed by atoms with van der Waals surface area (Å²) in [4.78, 5) is 8.45. The van der Waals surface area contributed by atoms with E-state index in [1.165, 1.54) is 30.0 Å². The van der Waals surface area contributed by atoms with Gasteiger partial charge in [0, 0.05) is 17.3 Å². The highest BCUT2D eigenvalue weighted by Gasteiger charge is 2.30. The first-order chi connectivity index (χ1) is 11.9. The maximum absolute atomic E-state index is 13.0. The highest BCUT2D eigenvalue weighted by molar-refractivity contribution is 7.98. The monoisotopic (exact) mass is 382 g/mol. The van der Waals surface area contributed by atoms with Gasteiger partial charge in [0.2, 0.25) is 0 Å². The molecule has 0 spiro atoms. The van der Waals surface area contributed by atoms with Gasteiger partial charge in [-0.3, -0.25) is 0 Å². The van der Waals surface area contributed by atoms with E-state index in [0.717, 1.165) is 12.1 Å². The van der Waals surface area contributed by atoms with Crippen molar-refractivity contribution in [1.82, 2.24) is 20.2 Å². The van der Waals surface area contributed by atoms with Crippen LogP contribution in [0.4, 0.5) is 13.2 Å². The smallest absolute Gasteiger partial charge is 0.231 e. The molecule has 0 N–H and O–H groups in total. The van der Waals surface area contributed by atoms with E-state index in [1.807, 2.05) is 6.26 Å². The fraction of sp³-hybridized carbons (Fsp3) is 0.125. The SMILES string of the molecule is CSc1nccc(-c2cc(Cl)nnc2-c2cccc(C(F)(F)F)c2)n1. The van der Waals surface area contributed by atoms with E-state index >= 15 is 0 Å². The summed E-state index contributed by atoms with van der Waals surface area (Å²) in [6.07, 6.45) is -1.06. The molecule has 0 aliphatic carbocycles. The van der Waals surface area contributed by atoms with Crippen LogP contribution in [-0.4, -0.2) is 26.4 Å². The molecule has 0 saturated heterocycles. The van der Waals surface area contributed by atoms with Crippen LogP contribution in [0, 0.1) is 0 Å². The van der Waals surface area contributed by atoms with Crippen molar-refractivity contribution in [3.8, 4) is 22.5 Å². The molecule has 3 rings (SSSR count). The largest absolute Gasteiger partial charge is 0.416 e. The third kappa shape index (κ3) is 3.91. The molecule has 128 valence electrons. The Morgan fingerprint density at radius 2 is 1.88 bits per heavy atom. The standard InChI is InChI=1S/C16H10ClF3N4S/c1-25-15-21-6-5-12(22-15)11-8-13(17)23-24-14(11)9-3-2-4-10(7-9)16(18,19)20/h2-8H,1H3. The van der Waals surface area contributed by atoms with Crippen LogP contribution < -0.4 is 0 Å². The van der Waals surface area contributed by atoms with Crippen LogP contribution >= 0.6 is 23.4 Å². The Labute approximate surface area is 150 Å². The average molecular weight is 383 g/mol. The number of hydrogen-bond acceptors (Lipinski definition) is 5. The highest BCUT2D eigenvalue weighted by atomic mass is 35.5. The molecule has 0 radical (unpaired) electrons. The van der Waals surface area contributed by atoms with Crippen LogP contribution in [0.3, 0.4) is 0 Å². The summed E-state index contributed by atoms with van der Waals surface area (Å²) in [6.45, 7) is 0. The first kappa shape index (κ1) is 17.6. The number of nitrogens with zero attached hydrogens (tertiary/aromatic N) is 4.